The maximum Gasteiger partial charge on any atom is 0.359 e. The Kier molecular flexibility index (Phi) is 3.58. The Morgan fingerprint density at radius 1 is 1.50 bits per heavy atom. The molecule has 3 N–H and O–H groups in total. The van der Waals surface area contributed by atoms with E-state index in [4.69, 9.17) is 10.5 Å². The van der Waals surface area contributed by atoms with E-state index in [2.05, 4.69) is 15.0 Å². The van der Waals surface area contributed by atoms with Crippen LogP contribution in [0.2, 0.25) is 0 Å². The number of carbonyl (C=O) groups excluding carboxylic acids is 1. The summed E-state index contributed by atoms with van der Waals surface area (Å²) in [6, 6.07) is 0. The molecular weight excluding hydrogens is 262 g/mol. The van der Waals surface area contributed by atoms with Crippen molar-refractivity contribution in [1.29, 1.82) is 0 Å². The van der Waals surface area contributed by atoms with Gasteiger partial charge in [-0.05, 0) is 12.8 Å². The average molecular weight is 279 g/mol. The number of aromatic nitrogens is 4. The first-order valence-electron chi connectivity index (χ1n) is 6.17. The van der Waals surface area contributed by atoms with Gasteiger partial charge in [-0.2, -0.15) is 0 Å². The van der Waals surface area contributed by atoms with E-state index in [9.17, 15) is 9.90 Å². The molecule has 1 atom stereocenters. The summed E-state index contributed by atoms with van der Waals surface area (Å²) >= 11 is 0. The van der Waals surface area contributed by atoms with Crippen molar-refractivity contribution in [2.45, 2.75) is 26.5 Å². The summed E-state index contributed by atoms with van der Waals surface area (Å²) in [4.78, 5) is 23.8. The Balaban J connectivity index is 2.36. The third-order valence-electron chi connectivity index (χ3n) is 2.77. The monoisotopic (exact) mass is 279 g/mol. The van der Waals surface area contributed by atoms with Crippen LogP contribution in [0.3, 0.4) is 0 Å². The number of aliphatic hydroxyl groups is 1. The van der Waals surface area contributed by atoms with Gasteiger partial charge in [-0.25, -0.2) is 19.7 Å². The SMILES string of the molecule is CC(C)COC(=O)C(C)(O)n1cnc2c(N)ncnc21. The number of anilines is 1. The molecule has 0 aliphatic heterocycles. The van der Waals surface area contributed by atoms with E-state index in [0.717, 1.165) is 0 Å². The zero-order valence-electron chi connectivity index (χ0n) is 11.6. The van der Waals surface area contributed by atoms with Crippen LogP contribution in [0.5, 0.6) is 0 Å². The van der Waals surface area contributed by atoms with Crippen LogP contribution in [0.25, 0.3) is 11.2 Å². The molecule has 20 heavy (non-hydrogen) atoms. The summed E-state index contributed by atoms with van der Waals surface area (Å²) in [5.41, 5.74) is 4.34. The van der Waals surface area contributed by atoms with Gasteiger partial charge in [0.05, 0.1) is 6.61 Å². The molecule has 8 nitrogen and oxygen atoms in total. The third kappa shape index (κ3) is 2.42. The number of imidazole rings is 1. The van der Waals surface area contributed by atoms with Crippen LogP contribution in [0.15, 0.2) is 12.7 Å². The van der Waals surface area contributed by atoms with Crippen LogP contribution in [0.4, 0.5) is 5.82 Å². The number of nitrogen functional groups attached to an aromatic ring is 1. The fourth-order valence-corrected chi connectivity index (χ4v) is 1.65. The lowest BCUT2D eigenvalue weighted by Crippen LogP contribution is -2.40. The van der Waals surface area contributed by atoms with E-state index in [1.165, 1.54) is 24.1 Å². The number of nitrogens with zero attached hydrogens (tertiary/aromatic N) is 4. The van der Waals surface area contributed by atoms with Gasteiger partial charge in [0.25, 0.3) is 0 Å². The second kappa shape index (κ2) is 5.04. The lowest BCUT2D eigenvalue weighted by atomic mass is 10.2. The third-order valence-corrected chi connectivity index (χ3v) is 2.77. The minimum atomic E-state index is -1.91. The van der Waals surface area contributed by atoms with Gasteiger partial charge in [-0.1, -0.05) is 13.8 Å². The lowest BCUT2D eigenvalue weighted by molar-refractivity contribution is -0.175. The number of fused-ring (bicyclic) bond motifs is 1. The molecule has 0 saturated carbocycles. The molecule has 2 aromatic rings. The summed E-state index contributed by atoms with van der Waals surface area (Å²) < 4.78 is 6.27. The first-order chi connectivity index (χ1) is 9.34. The van der Waals surface area contributed by atoms with E-state index >= 15 is 0 Å². The molecule has 0 aliphatic carbocycles. The highest BCUT2D eigenvalue weighted by Crippen LogP contribution is 2.22. The molecule has 0 saturated heterocycles. The van der Waals surface area contributed by atoms with Crippen LogP contribution in [-0.2, 0) is 15.3 Å². The van der Waals surface area contributed by atoms with Crippen molar-refractivity contribution in [3.05, 3.63) is 12.7 Å². The lowest BCUT2D eigenvalue weighted by Gasteiger charge is -2.23. The van der Waals surface area contributed by atoms with E-state index in [1.54, 1.807) is 0 Å². The number of rotatable bonds is 4. The number of ether oxygens (including phenoxy) is 1. The summed E-state index contributed by atoms with van der Waals surface area (Å²) in [6.45, 7) is 5.35. The summed E-state index contributed by atoms with van der Waals surface area (Å²) in [7, 11) is 0. The van der Waals surface area contributed by atoms with Crippen molar-refractivity contribution in [2.75, 3.05) is 12.3 Å². The van der Waals surface area contributed by atoms with Gasteiger partial charge in [0.15, 0.2) is 11.5 Å². The summed E-state index contributed by atoms with van der Waals surface area (Å²) in [6.07, 6.45) is 2.53. The molecule has 2 aromatic heterocycles. The Morgan fingerprint density at radius 3 is 2.85 bits per heavy atom. The van der Waals surface area contributed by atoms with Gasteiger partial charge in [-0.3, -0.25) is 4.57 Å². The van der Waals surface area contributed by atoms with Crippen LogP contribution in [-0.4, -0.2) is 37.2 Å². The average Bonchev–Trinajstić information content (AvgIpc) is 2.81. The van der Waals surface area contributed by atoms with E-state index in [-0.39, 0.29) is 24.0 Å². The van der Waals surface area contributed by atoms with Crippen LogP contribution in [0, 0.1) is 5.92 Å². The predicted molar refractivity (Wildman–Crippen MR) is 71.4 cm³/mol. The Labute approximate surface area is 115 Å². The molecule has 0 aromatic carbocycles. The van der Waals surface area contributed by atoms with E-state index < -0.39 is 11.7 Å². The highest BCUT2D eigenvalue weighted by Gasteiger charge is 2.36. The highest BCUT2D eigenvalue weighted by atomic mass is 16.6. The van der Waals surface area contributed by atoms with Crippen molar-refractivity contribution in [2.24, 2.45) is 5.92 Å². The normalized spacial score (nSPS) is 14.4. The van der Waals surface area contributed by atoms with Gasteiger partial charge in [0, 0.05) is 0 Å². The maximum atomic E-state index is 12.0. The van der Waals surface area contributed by atoms with Crippen molar-refractivity contribution in [3.63, 3.8) is 0 Å². The molecule has 2 rings (SSSR count). The number of hydrogen-bond acceptors (Lipinski definition) is 7. The minimum absolute atomic E-state index is 0.173. The number of carbonyl (C=O) groups is 1. The zero-order chi connectivity index (χ0) is 14.9. The molecule has 0 amide bonds. The second-order valence-corrected chi connectivity index (χ2v) is 5.06. The second-order valence-electron chi connectivity index (χ2n) is 5.06. The molecular formula is C12H17N5O3. The van der Waals surface area contributed by atoms with Gasteiger partial charge in [0.1, 0.15) is 18.2 Å². The van der Waals surface area contributed by atoms with Crippen molar-refractivity contribution < 1.29 is 14.6 Å². The Hall–Kier alpha value is -2.22. The van der Waals surface area contributed by atoms with Crippen molar-refractivity contribution >= 4 is 23.0 Å². The Morgan fingerprint density at radius 2 is 2.20 bits per heavy atom. The fourth-order valence-electron chi connectivity index (χ4n) is 1.65. The van der Waals surface area contributed by atoms with E-state index in [1.807, 2.05) is 13.8 Å². The molecule has 0 fully saturated rings. The van der Waals surface area contributed by atoms with Gasteiger partial charge in [-0.15, -0.1) is 0 Å². The number of hydrogen-bond donors (Lipinski definition) is 2. The first-order valence-corrected chi connectivity index (χ1v) is 6.17. The quantitative estimate of drug-likeness (QED) is 0.771. The fraction of sp³-hybridized carbons (Fsp3) is 0.500. The van der Waals surface area contributed by atoms with E-state index in [0.29, 0.717) is 5.52 Å². The van der Waals surface area contributed by atoms with Gasteiger partial charge < -0.3 is 15.6 Å². The first kappa shape index (κ1) is 14.2. The smallest absolute Gasteiger partial charge is 0.359 e. The van der Waals surface area contributed by atoms with Crippen LogP contribution < -0.4 is 5.73 Å². The molecule has 2 heterocycles. The molecule has 0 bridgehead atoms. The van der Waals surface area contributed by atoms with Crippen molar-refractivity contribution in [1.82, 2.24) is 19.5 Å². The van der Waals surface area contributed by atoms with Gasteiger partial charge in [0.2, 0.25) is 5.72 Å². The number of nitrogens with two attached hydrogens (primary N) is 1. The van der Waals surface area contributed by atoms with Gasteiger partial charge >= 0.3 is 5.97 Å². The number of esters is 1. The van der Waals surface area contributed by atoms with Crippen LogP contribution >= 0.6 is 0 Å². The largest absolute Gasteiger partial charge is 0.462 e. The predicted octanol–water partition coefficient (Wildman–Crippen LogP) is 0.273. The molecule has 0 spiro atoms. The minimum Gasteiger partial charge on any atom is -0.462 e. The van der Waals surface area contributed by atoms with Crippen molar-refractivity contribution in [3.8, 4) is 0 Å². The topological polar surface area (TPSA) is 116 Å². The highest BCUT2D eigenvalue weighted by molar-refractivity contribution is 5.84. The molecule has 8 heteroatoms. The molecule has 1 unspecified atom stereocenters. The Bertz CT molecular complexity index is 635. The molecule has 0 radical (unpaired) electrons. The standard InChI is InChI=1S/C12H17N5O3/c1-7(2)4-20-11(18)12(3,19)17-6-16-8-9(13)14-5-15-10(8)17/h5-7,19H,4H2,1-3H3,(H2,13,14,15). The zero-order valence-corrected chi connectivity index (χ0v) is 11.6. The summed E-state index contributed by atoms with van der Waals surface area (Å²) in [5, 5.41) is 10.4. The molecule has 108 valence electrons. The summed E-state index contributed by atoms with van der Waals surface area (Å²) in [5.74, 6) is -0.421. The maximum absolute atomic E-state index is 12.0. The molecule has 0 aliphatic rings. The van der Waals surface area contributed by atoms with Crippen LogP contribution in [0.1, 0.15) is 20.8 Å².